The van der Waals surface area contributed by atoms with Crippen molar-refractivity contribution in [1.29, 1.82) is 0 Å². The third-order valence-corrected chi connectivity index (χ3v) is 7.65. The van der Waals surface area contributed by atoms with Crippen LogP contribution in [0.2, 0.25) is 0 Å². The molecule has 0 saturated heterocycles. The molecular formula is C29H38. The van der Waals surface area contributed by atoms with Crippen molar-refractivity contribution in [3.05, 3.63) is 71.3 Å². The molecule has 0 heterocycles. The van der Waals surface area contributed by atoms with Crippen LogP contribution in [0.5, 0.6) is 0 Å². The van der Waals surface area contributed by atoms with E-state index in [9.17, 15) is 0 Å². The highest BCUT2D eigenvalue weighted by Crippen LogP contribution is 2.38. The Balaban J connectivity index is 1.38. The Kier molecular flexibility index (Phi) is 6.90. The van der Waals surface area contributed by atoms with Crippen molar-refractivity contribution in [3.63, 3.8) is 0 Å². The van der Waals surface area contributed by atoms with Gasteiger partial charge in [0.1, 0.15) is 0 Å². The van der Waals surface area contributed by atoms with Crippen LogP contribution < -0.4 is 0 Å². The van der Waals surface area contributed by atoms with Crippen LogP contribution in [0.15, 0.2) is 54.6 Å². The number of rotatable bonds is 6. The van der Waals surface area contributed by atoms with E-state index < -0.39 is 0 Å². The van der Waals surface area contributed by atoms with Gasteiger partial charge in [-0.2, -0.15) is 0 Å². The van der Waals surface area contributed by atoms with Crippen molar-refractivity contribution < 1.29 is 0 Å². The zero-order chi connectivity index (χ0) is 20.1. The van der Waals surface area contributed by atoms with Crippen molar-refractivity contribution in [3.8, 4) is 11.1 Å². The van der Waals surface area contributed by atoms with Gasteiger partial charge in [0.15, 0.2) is 0 Å². The summed E-state index contributed by atoms with van der Waals surface area (Å²) in [7, 11) is 0. The fourth-order valence-corrected chi connectivity index (χ4v) is 5.59. The lowest BCUT2D eigenvalue weighted by Crippen LogP contribution is -2.13. The highest BCUT2D eigenvalue weighted by molar-refractivity contribution is 5.65. The summed E-state index contributed by atoms with van der Waals surface area (Å²) in [5.74, 6) is 2.62. The van der Waals surface area contributed by atoms with Crippen LogP contribution in [0.25, 0.3) is 11.1 Å². The summed E-state index contributed by atoms with van der Waals surface area (Å²) >= 11 is 0. The average molecular weight is 387 g/mol. The third kappa shape index (κ3) is 5.03. The third-order valence-electron chi connectivity index (χ3n) is 7.65. The number of aryl methyl sites for hydroxylation is 1. The second-order valence-electron chi connectivity index (χ2n) is 9.49. The molecule has 2 aromatic carbocycles. The molecule has 2 aliphatic rings. The smallest absolute Gasteiger partial charge is 0.0162 e. The standard InChI is InChI=1S/C29H38/c1-3-5-6-7-23-9-11-24(12-10-23)25-14-16-26(17-15-25)28-19-18-27-20-22(4-2)8-13-29(27)21-28/h3,5,14-19,21-24H,4,6-13,20H2,1-2H3/b5-3+. The topological polar surface area (TPSA) is 0 Å². The molecule has 0 heteroatoms. The van der Waals surface area contributed by atoms with Crippen LogP contribution in [0.3, 0.4) is 0 Å². The molecule has 1 unspecified atom stereocenters. The predicted molar refractivity (Wildman–Crippen MR) is 126 cm³/mol. The predicted octanol–water partition coefficient (Wildman–Crippen LogP) is 8.50. The fourth-order valence-electron chi connectivity index (χ4n) is 5.59. The number of fused-ring (bicyclic) bond motifs is 1. The summed E-state index contributed by atoms with van der Waals surface area (Å²) in [5, 5.41) is 0. The van der Waals surface area contributed by atoms with Crippen LogP contribution in [-0.4, -0.2) is 0 Å². The van der Waals surface area contributed by atoms with Gasteiger partial charge in [0.2, 0.25) is 0 Å². The summed E-state index contributed by atoms with van der Waals surface area (Å²) in [6.45, 7) is 4.47. The number of hydrogen-bond acceptors (Lipinski definition) is 0. The van der Waals surface area contributed by atoms with E-state index in [-0.39, 0.29) is 0 Å². The maximum absolute atomic E-state index is 2.46. The Morgan fingerprint density at radius 2 is 1.59 bits per heavy atom. The molecule has 0 nitrogen and oxygen atoms in total. The van der Waals surface area contributed by atoms with Gasteiger partial charge in [0, 0.05) is 0 Å². The molecule has 0 spiro atoms. The molecule has 2 aromatic rings. The van der Waals surface area contributed by atoms with Gasteiger partial charge < -0.3 is 0 Å². The minimum absolute atomic E-state index is 0.775. The summed E-state index contributed by atoms with van der Waals surface area (Å²) < 4.78 is 0. The van der Waals surface area contributed by atoms with Gasteiger partial charge in [-0.3, -0.25) is 0 Å². The van der Waals surface area contributed by atoms with Crippen molar-refractivity contribution in [2.45, 2.75) is 84.0 Å². The normalized spacial score (nSPS) is 24.6. The minimum Gasteiger partial charge on any atom is -0.0917 e. The van der Waals surface area contributed by atoms with Gasteiger partial charge in [-0.05, 0) is 110 Å². The second kappa shape index (κ2) is 9.79. The zero-order valence-corrected chi connectivity index (χ0v) is 18.5. The SMILES string of the molecule is C/C=C/CCC1CCC(c2ccc(-c3ccc4c(c3)CCC(CC)C4)cc2)CC1. The summed E-state index contributed by atoms with van der Waals surface area (Å²) in [6.07, 6.45) is 18.0. The van der Waals surface area contributed by atoms with Crippen molar-refractivity contribution in [1.82, 2.24) is 0 Å². The molecule has 0 N–H and O–H groups in total. The van der Waals surface area contributed by atoms with E-state index in [2.05, 4.69) is 68.5 Å². The average Bonchev–Trinajstić information content (AvgIpc) is 2.79. The molecule has 4 rings (SSSR count). The van der Waals surface area contributed by atoms with Gasteiger partial charge in [-0.25, -0.2) is 0 Å². The van der Waals surface area contributed by atoms with Crippen LogP contribution in [-0.2, 0) is 12.8 Å². The van der Waals surface area contributed by atoms with Crippen LogP contribution in [0.4, 0.5) is 0 Å². The summed E-state index contributed by atoms with van der Waals surface area (Å²) in [6, 6.07) is 16.8. The lowest BCUT2D eigenvalue weighted by Gasteiger charge is -2.28. The Hall–Kier alpha value is -1.82. The Morgan fingerprint density at radius 1 is 0.828 bits per heavy atom. The lowest BCUT2D eigenvalue weighted by atomic mass is 9.77. The molecule has 0 amide bonds. The van der Waals surface area contributed by atoms with E-state index in [4.69, 9.17) is 0 Å². The van der Waals surface area contributed by atoms with E-state index in [1.165, 1.54) is 75.3 Å². The van der Waals surface area contributed by atoms with Gasteiger partial charge in [0.25, 0.3) is 0 Å². The second-order valence-corrected chi connectivity index (χ2v) is 9.49. The molecule has 2 aliphatic carbocycles. The molecule has 0 bridgehead atoms. The van der Waals surface area contributed by atoms with E-state index in [0.29, 0.717) is 0 Å². The van der Waals surface area contributed by atoms with E-state index in [1.54, 1.807) is 16.7 Å². The largest absolute Gasteiger partial charge is 0.0917 e. The number of allylic oxidation sites excluding steroid dienone is 2. The molecular weight excluding hydrogens is 348 g/mol. The van der Waals surface area contributed by atoms with Crippen molar-refractivity contribution in [2.75, 3.05) is 0 Å². The molecule has 1 fully saturated rings. The lowest BCUT2D eigenvalue weighted by molar-refractivity contribution is 0.312. The highest BCUT2D eigenvalue weighted by Gasteiger charge is 2.22. The zero-order valence-electron chi connectivity index (χ0n) is 18.5. The molecule has 0 aliphatic heterocycles. The molecule has 1 saturated carbocycles. The molecule has 154 valence electrons. The Bertz CT molecular complexity index is 802. The van der Waals surface area contributed by atoms with Crippen molar-refractivity contribution in [2.24, 2.45) is 11.8 Å². The molecule has 29 heavy (non-hydrogen) atoms. The number of benzene rings is 2. The van der Waals surface area contributed by atoms with Gasteiger partial charge in [-0.1, -0.05) is 68.0 Å². The fraction of sp³-hybridized carbons (Fsp3) is 0.517. The first-order chi connectivity index (χ1) is 14.3. The monoisotopic (exact) mass is 386 g/mol. The first-order valence-corrected chi connectivity index (χ1v) is 12.1. The molecule has 0 aromatic heterocycles. The van der Waals surface area contributed by atoms with E-state index in [0.717, 1.165) is 17.8 Å². The summed E-state index contributed by atoms with van der Waals surface area (Å²) in [4.78, 5) is 0. The quantitative estimate of drug-likeness (QED) is 0.436. The van der Waals surface area contributed by atoms with Crippen LogP contribution >= 0.6 is 0 Å². The van der Waals surface area contributed by atoms with Crippen molar-refractivity contribution >= 4 is 0 Å². The van der Waals surface area contributed by atoms with Gasteiger partial charge >= 0.3 is 0 Å². The molecule has 0 radical (unpaired) electrons. The minimum atomic E-state index is 0.775. The molecule has 1 atom stereocenters. The van der Waals surface area contributed by atoms with Gasteiger partial charge in [0.05, 0.1) is 0 Å². The highest BCUT2D eigenvalue weighted by atomic mass is 14.3. The van der Waals surface area contributed by atoms with Crippen LogP contribution in [0.1, 0.15) is 87.8 Å². The maximum Gasteiger partial charge on any atom is -0.0162 e. The van der Waals surface area contributed by atoms with E-state index in [1.807, 2.05) is 0 Å². The summed E-state index contributed by atoms with van der Waals surface area (Å²) in [5.41, 5.74) is 7.53. The van der Waals surface area contributed by atoms with Gasteiger partial charge in [-0.15, -0.1) is 0 Å². The van der Waals surface area contributed by atoms with E-state index >= 15 is 0 Å². The Morgan fingerprint density at radius 3 is 2.31 bits per heavy atom. The van der Waals surface area contributed by atoms with Crippen LogP contribution in [0, 0.1) is 11.8 Å². The first kappa shape index (κ1) is 20.5. The first-order valence-electron chi connectivity index (χ1n) is 12.1. The number of hydrogen-bond donors (Lipinski definition) is 0. The Labute approximate surface area is 178 Å². The maximum atomic E-state index is 2.46.